The van der Waals surface area contributed by atoms with Gasteiger partial charge in [-0.3, -0.25) is 0 Å². The zero-order valence-corrected chi connectivity index (χ0v) is 22.4. The van der Waals surface area contributed by atoms with Gasteiger partial charge in [-0.2, -0.15) is 0 Å². The topological polar surface area (TPSA) is 159 Å². The van der Waals surface area contributed by atoms with Gasteiger partial charge in [-0.25, -0.2) is 9.59 Å². The minimum Gasteiger partial charge on any atom is -0.507 e. The molecular formula is C32H30N2O7. The number of carbonyl (C=O) groups is 2. The Hall–Kier alpha value is -5.44. The Morgan fingerprint density at radius 2 is 1.00 bits per heavy atom. The molecule has 0 saturated heterocycles. The number of rotatable bonds is 2. The highest BCUT2D eigenvalue weighted by Crippen LogP contribution is 2.36. The minimum atomic E-state index is -1.16. The number of para-hydroxylation sites is 2. The highest BCUT2D eigenvalue weighted by Gasteiger charge is 2.34. The number of carboxylic acids is 2. The Balaban J connectivity index is 0.000000144. The maximum absolute atomic E-state index is 11.0. The van der Waals surface area contributed by atoms with Crippen LogP contribution in [0.2, 0.25) is 0 Å². The van der Waals surface area contributed by atoms with Gasteiger partial charge in [0.2, 0.25) is 0 Å². The second kappa shape index (κ2) is 11.4. The fraction of sp³-hybridized carbons (Fsp3) is 0.125. The van der Waals surface area contributed by atoms with Crippen LogP contribution in [-0.4, -0.2) is 48.5 Å². The van der Waals surface area contributed by atoms with Gasteiger partial charge < -0.3 is 36.2 Å². The molecule has 0 saturated carbocycles. The van der Waals surface area contributed by atoms with Crippen molar-refractivity contribution in [2.75, 3.05) is 10.6 Å². The van der Waals surface area contributed by atoms with E-state index in [-0.39, 0.29) is 11.5 Å². The SMILES string of the molecule is CC1(C(=O)O)C=Cc2cccc(O)c2N1.CC1(C(=O)O)C=Cc2cccc(O)c2N1.Oc1cccc2ccccc12. The van der Waals surface area contributed by atoms with Crippen LogP contribution in [0.3, 0.4) is 0 Å². The quantitative estimate of drug-likeness (QED) is 0.150. The van der Waals surface area contributed by atoms with Crippen molar-refractivity contribution in [1.29, 1.82) is 0 Å². The summed E-state index contributed by atoms with van der Waals surface area (Å²) in [5.41, 5.74) is 0.176. The first-order chi connectivity index (χ1) is 19.4. The molecule has 0 aromatic heterocycles. The lowest BCUT2D eigenvalue weighted by molar-refractivity contribution is -0.140. The first-order valence-corrected chi connectivity index (χ1v) is 12.7. The molecule has 4 aromatic rings. The number of hydrogen-bond donors (Lipinski definition) is 7. The Bertz CT molecular complexity index is 1590. The van der Waals surface area contributed by atoms with E-state index in [0.29, 0.717) is 17.1 Å². The zero-order chi connectivity index (χ0) is 29.8. The largest absolute Gasteiger partial charge is 0.507 e. The highest BCUT2D eigenvalue weighted by atomic mass is 16.4. The standard InChI is InChI=1S/2C11H11NO3.C10H8O/c2*1-11(10(14)15)6-5-7-3-2-4-8(13)9(7)12-11;11-10-7-3-5-8-4-1-2-6-9(8)10/h2*2-6,12-13H,1H3,(H,14,15);1-7,11H. The van der Waals surface area contributed by atoms with Crippen LogP contribution in [0.4, 0.5) is 11.4 Å². The fourth-order valence-corrected chi connectivity index (χ4v) is 4.24. The van der Waals surface area contributed by atoms with Crippen molar-refractivity contribution in [1.82, 2.24) is 0 Å². The summed E-state index contributed by atoms with van der Waals surface area (Å²) in [7, 11) is 0. The fourth-order valence-electron chi connectivity index (χ4n) is 4.24. The third-order valence-electron chi connectivity index (χ3n) is 6.77. The molecule has 2 unspecified atom stereocenters. The summed E-state index contributed by atoms with van der Waals surface area (Å²) in [4.78, 5) is 22.0. The molecule has 2 aliphatic heterocycles. The summed E-state index contributed by atoms with van der Waals surface area (Å²) in [6.07, 6.45) is 6.52. The van der Waals surface area contributed by atoms with Crippen LogP contribution in [0, 0.1) is 0 Å². The van der Waals surface area contributed by atoms with Crippen LogP contribution in [-0.2, 0) is 9.59 Å². The zero-order valence-electron chi connectivity index (χ0n) is 22.4. The van der Waals surface area contributed by atoms with Gasteiger partial charge in [0, 0.05) is 16.5 Å². The van der Waals surface area contributed by atoms with Crippen molar-refractivity contribution in [2.24, 2.45) is 0 Å². The van der Waals surface area contributed by atoms with E-state index >= 15 is 0 Å². The summed E-state index contributed by atoms with van der Waals surface area (Å²) in [5.74, 6) is -1.49. The molecule has 9 nitrogen and oxygen atoms in total. The third kappa shape index (κ3) is 6.09. The van der Waals surface area contributed by atoms with E-state index < -0.39 is 23.0 Å². The van der Waals surface area contributed by atoms with Crippen LogP contribution in [0.5, 0.6) is 17.2 Å². The Kier molecular flexibility index (Phi) is 7.91. The van der Waals surface area contributed by atoms with Gasteiger partial charge in [0.25, 0.3) is 0 Å². The molecule has 0 radical (unpaired) electrons. The Morgan fingerprint density at radius 3 is 1.46 bits per heavy atom. The number of aliphatic carboxylic acids is 2. The average molecular weight is 555 g/mol. The van der Waals surface area contributed by atoms with E-state index in [4.69, 9.17) is 10.2 Å². The Morgan fingerprint density at radius 1 is 0.585 bits per heavy atom. The minimum absolute atomic E-state index is 0.0596. The molecule has 0 bridgehead atoms. The molecule has 6 rings (SSSR count). The lowest BCUT2D eigenvalue weighted by Gasteiger charge is -2.28. The van der Waals surface area contributed by atoms with E-state index in [1.165, 1.54) is 12.1 Å². The lowest BCUT2D eigenvalue weighted by Crippen LogP contribution is -2.42. The highest BCUT2D eigenvalue weighted by molar-refractivity contribution is 5.92. The molecule has 41 heavy (non-hydrogen) atoms. The van der Waals surface area contributed by atoms with E-state index in [1.54, 1.807) is 68.5 Å². The molecule has 0 spiro atoms. The first-order valence-electron chi connectivity index (χ1n) is 12.7. The molecule has 2 aliphatic rings. The van der Waals surface area contributed by atoms with Crippen LogP contribution in [0.1, 0.15) is 25.0 Å². The molecule has 210 valence electrons. The van der Waals surface area contributed by atoms with E-state index in [0.717, 1.165) is 21.9 Å². The summed E-state index contributed by atoms with van der Waals surface area (Å²) in [6.45, 7) is 3.09. The number of fused-ring (bicyclic) bond motifs is 3. The van der Waals surface area contributed by atoms with Crippen molar-refractivity contribution in [3.8, 4) is 17.2 Å². The van der Waals surface area contributed by atoms with Crippen molar-refractivity contribution in [3.05, 3.63) is 102 Å². The average Bonchev–Trinajstić information content (AvgIpc) is 2.95. The predicted molar refractivity (Wildman–Crippen MR) is 159 cm³/mol. The second-order valence-electron chi connectivity index (χ2n) is 9.91. The van der Waals surface area contributed by atoms with Crippen molar-refractivity contribution in [3.63, 3.8) is 0 Å². The molecule has 7 N–H and O–H groups in total. The number of aromatic hydroxyl groups is 3. The van der Waals surface area contributed by atoms with Gasteiger partial charge in [-0.1, -0.05) is 72.8 Å². The van der Waals surface area contributed by atoms with E-state index in [1.807, 2.05) is 36.4 Å². The molecular weight excluding hydrogens is 524 g/mol. The molecule has 0 amide bonds. The van der Waals surface area contributed by atoms with Gasteiger partial charge in [0.1, 0.15) is 17.2 Å². The van der Waals surface area contributed by atoms with Crippen LogP contribution in [0.15, 0.2) is 91.0 Å². The molecule has 2 heterocycles. The number of benzene rings is 4. The smallest absolute Gasteiger partial charge is 0.333 e. The molecule has 0 fully saturated rings. The number of anilines is 2. The Labute approximate surface area is 236 Å². The summed E-state index contributed by atoms with van der Waals surface area (Å²) < 4.78 is 0. The number of hydrogen-bond acceptors (Lipinski definition) is 7. The third-order valence-corrected chi connectivity index (χ3v) is 6.77. The van der Waals surface area contributed by atoms with Crippen molar-refractivity contribution in [2.45, 2.75) is 24.9 Å². The van der Waals surface area contributed by atoms with Gasteiger partial charge in [-0.15, -0.1) is 0 Å². The van der Waals surface area contributed by atoms with Gasteiger partial charge in [0.15, 0.2) is 11.1 Å². The predicted octanol–water partition coefficient (Wildman–Crippen LogP) is 5.89. The van der Waals surface area contributed by atoms with Gasteiger partial charge >= 0.3 is 11.9 Å². The summed E-state index contributed by atoms with van der Waals surface area (Å²) >= 11 is 0. The molecule has 0 aliphatic carbocycles. The number of phenols is 3. The number of phenolic OH excluding ortho intramolecular Hbond substituents is 3. The summed E-state index contributed by atoms with van der Waals surface area (Å²) in [5, 5.41) is 54.2. The molecule has 9 heteroatoms. The second-order valence-corrected chi connectivity index (χ2v) is 9.91. The van der Waals surface area contributed by atoms with Crippen LogP contribution < -0.4 is 10.6 Å². The molecule has 2 atom stereocenters. The number of nitrogens with one attached hydrogen (secondary N) is 2. The monoisotopic (exact) mass is 554 g/mol. The van der Waals surface area contributed by atoms with Crippen LogP contribution >= 0.6 is 0 Å². The maximum Gasteiger partial charge on any atom is 0.333 e. The van der Waals surface area contributed by atoms with E-state index in [2.05, 4.69) is 10.6 Å². The van der Waals surface area contributed by atoms with Gasteiger partial charge in [0.05, 0.1) is 11.4 Å². The lowest BCUT2D eigenvalue weighted by atomic mass is 9.94. The van der Waals surface area contributed by atoms with Crippen molar-refractivity contribution >= 4 is 46.2 Å². The van der Waals surface area contributed by atoms with Crippen LogP contribution in [0.25, 0.3) is 22.9 Å². The maximum atomic E-state index is 11.0. The summed E-state index contributed by atoms with van der Waals surface area (Å²) in [6, 6.07) is 23.4. The normalized spacial score (nSPS) is 19.6. The molecule has 4 aromatic carbocycles. The first kappa shape index (κ1) is 28.6. The van der Waals surface area contributed by atoms with Crippen molar-refractivity contribution < 1.29 is 35.1 Å². The van der Waals surface area contributed by atoms with Gasteiger partial charge in [-0.05, 0) is 49.6 Å². The number of carboxylic acid groups (broad SMARTS) is 2. The van der Waals surface area contributed by atoms with E-state index in [9.17, 15) is 24.9 Å².